The fourth-order valence-electron chi connectivity index (χ4n) is 2.92. The van der Waals surface area contributed by atoms with Crippen molar-refractivity contribution in [2.24, 2.45) is 5.92 Å². The minimum absolute atomic E-state index is 0.0380. The van der Waals surface area contributed by atoms with Crippen LogP contribution in [0.15, 0.2) is 18.2 Å². The minimum atomic E-state index is -0.783. The Morgan fingerprint density at radius 3 is 2.94 bits per heavy atom. The number of carbonyl (C=O) groups is 1. The molecule has 1 aromatic carbocycles. The Hall–Kier alpha value is -1.49. The van der Waals surface area contributed by atoms with Crippen LogP contribution < -0.4 is 5.32 Å². The molecule has 1 N–H and O–H groups in total. The van der Waals surface area contributed by atoms with Crippen LogP contribution >= 0.6 is 0 Å². The highest BCUT2D eigenvalue weighted by atomic mass is 19.1. The molecule has 0 saturated carbocycles. The van der Waals surface area contributed by atoms with Gasteiger partial charge in [0.2, 0.25) is 0 Å². The van der Waals surface area contributed by atoms with Crippen LogP contribution in [0.1, 0.15) is 16.8 Å². The average Bonchev–Trinajstić information content (AvgIpc) is 2.89. The van der Waals surface area contributed by atoms with Gasteiger partial charge in [-0.3, -0.25) is 4.79 Å². The van der Waals surface area contributed by atoms with Gasteiger partial charge in [-0.15, -0.1) is 0 Å². The van der Waals surface area contributed by atoms with Crippen molar-refractivity contribution >= 4 is 5.91 Å². The molecule has 1 aromatic rings. The van der Waals surface area contributed by atoms with E-state index in [9.17, 15) is 13.6 Å². The second kappa shape index (κ2) is 4.31. The number of rotatable bonds is 1. The number of nitrogens with zero attached hydrogens (tertiary/aromatic N) is 1. The summed E-state index contributed by atoms with van der Waals surface area (Å²) in [6.45, 7) is 2.34. The van der Waals surface area contributed by atoms with E-state index < -0.39 is 11.6 Å². The molecule has 3 rings (SSSR count). The fourth-order valence-corrected chi connectivity index (χ4v) is 2.92. The highest BCUT2D eigenvalue weighted by Crippen LogP contribution is 2.29. The number of hydrogen-bond acceptors (Lipinski definition) is 2. The van der Waals surface area contributed by atoms with Gasteiger partial charge in [0, 0.05) is 31.7 Å². The van der Waals surface area contributed by atoms with Crippen molar-refractivity contribution in [2.45, 2.75) is 12.5 Å². The van der Waals surface area contributed by atoms with Gasteiger partial charge >= 0.3 is 0 Å². The van der Waals surface area contributed by atoms with Crippen LogP contribution in [-0.4, -0.2) is 36.5 Å². The third-order valence-electron chi connectivity index (χ3n) is 3.87. The van der Waals surface area contributed by atoms with E-state index in [0.717, 1.165) is 31.6 Å². The van der Waals surface area contributed by atoms with E-state index in [1.165, 1.54) is 6.07 Å². The van der Waals surface area contributed by atoms with Crippen LogP contribution in [0.25, 0.3) is 0 Å². The summed E-state index contributed by atoms with van der Waals surface area (Å²) in [6.07, 6.45) is 0.951. The van der Waals surface area contributed by atoms with Gasteiger partial charge in [0.15, 0.2) is 0 Å². The van der Waals surface area contributed by atoms with Crippen LogP contribution in [0.3, 0.4) is 0 Å². The zero-order valence-corrected chi connectivity index (χ0v) is 9.83. The van der Waals surface area contributed by atoms with Crippen molar-refractivity contribution in [3.8, 4) is 0 Å². The molecule has 2 heterocycles. The quantitative estimate of drug-likeness (QED) is 0.819. The molecule has 0 unspecified atom stereocenters. The summed E-state index contributed by atoms with van der Waals surface area (Å²) in [5.41, 5.74) is -0.0380. The van der Waals surface area contributed by atoms with E-state index in [-0.39, 0.29) is 17.5 Å². The average molecular weight is 252 g/mol. The first kappa shape index (κ1) is 11.6. The first-order chi connectivity index (χ1) is 8.66. The summed E-state index contributed by atoms with van der Waals surface area (Å²) >= 11 is 0. The van der Waals surface area contributed by atoms with Crippen molar-refractivity contribution in [1.82, 2.24) is 10.2 Å². The van der Waals surface area contributed by atoms with Crippen molar-refractivity contribution in [2.75, 3.05) is 19.6 Å². The van der Waals surface area contributed by atoms with Gasteiger partial charge in [-0.1, -0.05) is 0 Å². The smallest absolute Gasteiger partial charge is 0.257 e. The van der Waals surface area contributed by atoms with Crippen molar-refractivity contribution in [3.63, 3.8) is 0 Å². The normalized spacial score (nSPS) is 26.4. The van der Waals surface area contributed by atoms with Crippen LogP contribution in [0.4, 0.5) is 8.78 Å². The highest BCUT2D eigenvalue weighted by molar-refractivity contribution is 5.95. The number of carbonyl (C=O) groups excluding carboxylic acids is 1. The lowest BCUT2D eigenvalue weighted by Gasteiger charge is -2.23. The lowest BCUT2D eigenvalue weighted by atomic mass is 10.0. The van der Waals surface area contributed by atoms with Crippen molar-refractivity contribution in [1.29, 1.82) is 0 Å². The molecule has 2 aliphatic rings. The Bertz CT molecular complexity index is 492. The number of hydrogen-bond donors (Lipinski definition) is 1. The summed E-state index contributed by atoms with van der Waals surface area (Å²) < 4.78 is 26.4. The molecule has 0 radical (unpaired) electrons. The maximum atomic E-state index is 13.6. The maximum Gasteiger partial charge on any atom is 0.257 e. The molecule has 5 heteroatoms. The third kappa shape index (κ3) is 1.79. The molecule has 2 aliphatic heterocycles. The monoisotopic (exact) mass is 252 g/mol. The van der Waals surface area contributed by atoms with E-state index in [2.05, 4.69) is 5.32 Å². The molecule has 0 spiro atoms. The van der Waals surface area contributed by atoms with Gasteiger partial charge in [0.1, 0.15) is 11.6 Å². The van der Waals surface area contributed by atoms with Crippen LogP contribution in [0.2, 0.25) is 0 Å². The first-order valence-corrected chi connectivity index (χ1v) is 6.13. The minimum Gasteiger partial charge on any atom is -0.334 e. The molecule has 3 nitrogen and oxygen atoms in total. The lowest BCUT2D eigenvalue weighted by molar-refractivity contribution is 0.0732. The van der Waals surface area contributed by atoms with E-state index in [0.29, 0.717) is 12.5 Å². The molecule has 1 amide bonds. The zero-order valence-electron chi connectivity index (χ0n) is 9.83. The van der Waals surface area contributed by atoms with E-state index in [1.807, 2.05) is 0 Å². The number of amides is 1. The van der Waals surface area contributed by atoms with E-state index >= 15 is 0 Å². The van der Waals surface area contributed by atoms with Gasteiger partial charge in [0.25, 0.3) is 5.91 Å². The second-order valence-electron chi connectivity index (χ2n) is 4.90. The lowest BCUT2D eigenvalue weighted by Crippen LogP contribution is -2.39. The number of benzene rings is 1. The van der Waals surface area contributed by atoms with E-state index in [1.54, 1.807) is 4.90 Å². The summed E-state index contributed by atoms with van der Waals surface area (Å²) in [5, 5.41) is 3.24. The molecule has 2 atom stereocenters. The predicted octanol–water partition coefficient (Wildman–Crippen LogP) is 1.40. The molecule has 96 valence electrons. The van der Waals surface area contributed by atoms with Crippen molar-refractivity contribution in [3.05, 3.63) is 35.4 Å². The molecule has 18 heavy (non-hydrogen) atoms. The number of fused-ring (bicyclic) bond motifs is 1. The van der Waals surface area contributed by atoms with Crippen LogP contribution in [0.5, 0.6) is 0 Å². The Morgan fingerprint density at radius 1 is 1.33 bits per heavy atom. The van der Waals surface area contributed by atoms with Gasteiger partial charge in [-0.25, -0.2) is 8.78 Å². The SMILES string of the molecule is O=C(c1ccc(F)cc1F)N1CC[C@@H]2CNC[C@@H]21. The molecule has 0 bridgehead atoms. The predicted molar refractivity (Wildman–Crippen MR) is 62.2 cm³/mol. The Labute approximate surface area is 104 Å². The summed E-state index contributed by atoms with van der Waals surface area (Å²) in [4.78, 5) is 14.0. The third-order valence-corrected chi connectivity index (χ3v) is 3.87. The Balaban J connectivity index is 1.86. The topological polar surface area (TPSA) is 32.3 Å². The zero-order chi connectivity index (χ0) is 12.7. The fraction of sp³-hybridized carbons (Fsp3) is 0.462. The highest BCUT2D eigenvalue weighted by Gasteiger charge is 2.40. The maximum absolute atomic E-state index is 13.6. The molecule has 2 saturated heterocycles. The van der Waals surface area contributed by atoms with Gasteiger partial charge in [-0.05, 0) is 24.5 Å². The molecular weight excluding hydrogens is 238 g/mol. The summed E-state index contributed by atoms with van der Waals surface area (Å²) in [6, 6.07) is 3.26. The first-order valence-electron chi connectivity index (χ1n) is 6.13. The summed E-state index contributed by atoms with van der Waals surface area (Å²) in [7, 11) is 0. The Morgan fingerprint density at radius 2 is 2.17 bits per heavy atom. The molecular formula is C13H14F2N2O. The standard InChI is InChI=1S/C13H14F2N2O/c14-9-1-2-10(11(15)5-9)13(18)17-4-3-8-6-16-7-12(8)17/h1-2,5,8,12,16H,3-4,6-7H2/t8-,12+/m1/s1. The molecule has 0 aliphatic carbocycles. The van der Waals surface area contributed by atoms with E-state index in [4.69, 9.17) is 0 Å². The van der Waals surface area contributed by atoms with Crippen LogP contribution in [-0.2, 0) is 0 Å². The largest absolute Gasteiger partial charge is 0.334 e. The number of halogens is 2. The number of nitrogens with one attached hydrogen (secondary N) is 1. The van der Waals surface area contributed by atoms with Gasteiger partial charge < -0.3 is 10.2 Å². The van der Waals surface area contributed by atoms with Gasteiger partial charge in [0.05, 0.1) is 5.56 Å². The molecule has 0 aromatic heterocycles. The summed E-state index contributed by atoms with van der Waals surface area (Å²) in [5.74, 6) is -1.30. The molecule has 2 fully saturated rings. The Kier molecular flexibility index (Phi) is 2.78. The van der Waals surface area contributed by atoms with Crippen molar-refractivity contribution < 1.29 is 13.6 Å². The number of likely N-dealkylation sites (tertiary alicyclic amines) is 1. The second-order valence-corrected chi connectivity index (χ2v) is 4.90. The van der Waals surface area contributed by atoms with Crippen LogP contribution in [0, 0.1) is 17.6 Å². The van der Waals surface area contributed by atoms with Gasteiger partial charge in [-0.2, -0.15) is 0 Å².